The lowest BCUT2D eigenvalue weighted by Gasteiger charge is -2.02. The fourth-order valence-electron chi connectivity index (χ4n) is 2.00. The summed E-state index contributed by atoms with van der Waals surface area (Å²) in [5.74, 6) is 0.0643. The van der Waals surface area contributed by atoms with E-state index in [1.165, 1.54) is 5.56 Å². The first-order chi connectivity index (χ1) is 9.78. The first-order valence-corrected chi connectivity index (χ1v) is 7.14. The fourth-order valence-corrected chi connectivity index (χ4v) is 2.00. The second kappa shape index (κ2) is 7.48. The Labute approximate surface area is 119 Å². The SMILES string of the molecule is CCCCC(=O)Nc1cnn(CCc2ccccc2)c1. The van der Waals surface area contributed by atoms with Crippen molar-refractivity contribution in [3.8, 4) is 0 Å². The third-order valence-electron chi connectivity index (χ3n) is 3.15. The number of nitrogens with one attached hydrogen (secondary N) is 1. The van der Waals surface area contributed by atoms with Gasteiger partial charge in [-0.3, -0.25) is 9.48 Å². The quantitative estimate of drug-likeness (QED) is 0.840. The minimum absolute atomic E-state index is 0.0643. The summed E-state index contributed by atoms with van der Waals surface area (Å²) in [7, 11) is 0. The number of nitrogens with zero attached hydrogens (tertiary/aromatic N) is 2. The molecule has 0 atom stereocenters. The highest BCUT2D eigenvalue weighted by Gasteiger charge is 2.04. The summed E-state index contributed by atoms with van der Waals surface area (Å²) in [5.41, 5.74) is 2.07. The number of hydrogen-bond acceptors (Lipinski definition) is 2. The molecule has 0 fully saturated rings. The summed E-state index contributed by atoms with van der Waals surface area (Å²) in [4.78, 5) is 11.6. The largest absolute Gasteiger partial charge is 0.323 e. The number of anilines is 1. The van der Waals surface area contributed by atoms with Crippen LogP contribution in [0.1, 0.15) is 31.7 Å². The standard InChI is InChI=1S/C16H21N3O/c1-2-3-9-16(20)18-15-12-17-19(13-15)11-10-14-7-5-4-6-8-14/h4-8,12-13H,2-3,9-11H2,1H3,(H,18,20). The van der Waals surface area contributed by atoms with Gasteiger partial charge in [0.2, 0.25) is 5.91 Å². The second-order valence-corrected chi connectivity index (χ2v) is 4.88. The van der Waals surface area contributed by atoms with E-state index in [0.717, 1.165) is 31.5 Å². The lowest BCUT2D eigenvalue weighted by Crippen LogP contribution is -2.10. The molecule has 2 aromatic rings. The number of aryl methyl sites for hydroxylation is 2. The Balaban J connectivity index is 1.81. The zero-order valence-electron chi connectivity index (χ0n) is 11.9. The van der Waals surface area contributed by atoms with Gasteiger partial charge in [-0.2, -0.15) is 5.10 Å². The number of rotatable bonds is 7. The number of amides is 1. The van der Waals surface area contributed by atoms with Crippen LogP contribution in [0.25, 0.3) is 0 Å². The van der Waals surface area contributed by atoms with Crippen LogP contribution < -0.4 is 5.32 Å². The molecule has 0 unspecified atom stereocenters. The molecule has 1 amide bonds. The number of hydrogen-bond donors (Lipinski definition) is 1. The van der Waals surface area contributed by atoms with Gasteiger partial charge >= 0.3 is 0 Å². The van der Waals surface area contributed by atoms with E-state index >= 15 is 0 Å². The third kappa shape index (κ3) is 4.53. The summed E-state index contributed by atoms with van der Waals surface area (Å²) in [5, 5.41) is 7.14. The van der Waals surface area contributed by atoms with E-state index in [-0.39, 0.29) is 5.91 Å². The van der Waals surface area contributed by atoms with E-state index in [1.807, 2.05) is 29.1 Å². The van der Waals surface area contributed by atoms with Crippen LogP contribution in [0.3, 0.4) is 0 Å². The van der Waals surface area contributed by atoms with Gasteiger partial charge in [-0.25, -0.2) is 0 Å². The van der Waals surface area contributed by atoms with Crippen molar-refractivity contribution >= 4 is 11.6 Å². The molecular weight excluding hydrogens is 250 g/mol. The summed E-state index contributed by atoms with van der Waals surface area (Å²) in [6.07, 6.45) is 7.05. The maximum absolute atomic E-state index is 11.6. The van der Waals surface area contributed by atoms with E-state index < -0.39 is 0 Å². The molecule has 1 aromatic heterocycles. The van der Waals surface area contributed by atoms with Crippen molar-refractivity contribution in [3.05, 3.63) is 48.3 Å². The van der Waals surface area contributed by atoms with Gasteiger partial charge in [-0.1, -0.05) is 43.7 Å². The zero-order valence-corrected chi connectivity index (χ0v) is 11.9. The van der Waals surface area contributed by atoms with Gasteiger partial charge < -0.3 is 5.32 Å². The number of aromatic nitrogens is 2. The van der Waals surface area contributed by atoms with Gasteiger partial charge in [0.15, 0.2) is 0 Å². The predicted octanol–water partition coefficient (Wildman–Crippen LogP) is 3.25. The highest BCUT2D eigenvalue weighted by atomic mass is 16.1. The van der Waals surface area contributed by atoms with Gasteiger partial charge in [-0.15, -0.1) is 0 Å². The van der Waals surface area contributed by atoms with Crippen LogP contribution in [-0.2, 0) is 17.8 Å². The average Bonchev–Trinajstić information content (AvgIpc) is 2.91. The molecule has 20 heavy (non-hydrogen) atoms. The number of benzene rings is 1. The van der Waals surface area contributed by atoms with Gasteiger partial charge in [-0.05, 0) is 18.4 Å². The summed E-state index contributed by atoms with van der Waals surface area (Å²) in [6, 6.07) is 10.3. The zero-order chi connectivity index (χ0) is 14.2. The van der Waals surface area contributed by atoms with Crippen LogP contribution in [0.4, 0.5) is 5.69 Å². The number of unbranched alkanes of at least 4 members (excludes halogenated alkanes) is 1. The molecule has 0 aliphatic carbocycles. The fraction of sp³-hybridized carbons (Fsp3) is 0.375. The summed E-state index contributed by atoms with van der Waals surface area (Å²) in [6.45, 7) is 2.89. The van der Waals surface area contributed by atoms with Crippen molar-refractivity contribution in [2.24, 2.45) is 0 Å². The van der Waals surface area contributed by atoms with E-state index in [1.54, 1.807) is 6.20 Å². The Morgan fingerprint density at radius 3 is 2.85 bits per heavy atom. The predicted molar refractivity (Wildman–Crippen MR) is 80.5 cm³/mol. The molecule has 4 heteroatoms. The second-order valence-electron chi connectivity index (χ2n) is 4.88. The van der Waals surface area contributed by atoms with E-state index in [9.17, 15) is 4.79 Å². The smallest absolute Gasteiger partial charge is 0.224 e. The monoisotopic (exact) mass is 271 g/mol. The first kappa shape index (κ1) is 14.3. The van der Waals surface area contributed by atoms with E-state index in [4.69, 9.17) is 0 Å². The van der Waals surface area contributed by atoms with Crippen LogP contribution in [0.2, 0.25) is 0 Å². The molecule has 1 N–H and O–H groups in total. The molecule has 106 valence electrons. The molecule has 0 saturated heterocycles. The maximum atomic E-state index is 11.6. The highest BCUT2D eigenvalue weighted by molar-refractivity contribution is 5.90. The summed E-state index contributed by atoms with van der Waals surface area (Å²) >= 11 is 0. The Kier molecular flexibility index (Phi) is 5.35. The highest BCUT2D eigenvalue weighted by Crippen LogP contribution is 2.08. The Hall–Kier alpha value is -2.10. The Morgan fingerprint density at radius 1 is 1.30 bits per heavy atom. The average molecular weight is 271 g/mol. The molecule has 4 nitrogen and oxygen atoms in total. The van der Waals surface area contributed by atoms with Crippen molar-refractivity contribution in [3.63, 3.8) is 0 Å². The molecule has 1 aromatic carbocycles. The van der Waals surface area contributed by atoms with Crippen molar-refractivity contribution in [1.82, 2.24) is 9.78 Å². The normalized spacial score (nSPS) is 10.4. The van der Waals surface area contributed by atoms with Gasteiger partial charge in [0, 0.05) is 19.2 Å². The third-order valence-corrected chi connectivity index (χ3v) is 3.15. The van der Waals surface area contributed by atoms with E-state index in [0.29, 0.717) is 6.42 Å². The molecule has 0 bridgehead atoms. The number of carbonyl (C=O) groups is 1. The minimum Gasteiger partial charge on any atom is -0.323 e. The van der Waals surface area contributed by atoms with Crippen LogP contribution in [-0.4, -0.2) is 15.7 Å². The van der Waals surface area contributed by atoms with Gasteiger partial charge in [0.05, 0.1) is 11.9 Å². The van der Waals surface area contributed by atoms with Crippen molar-refractivity contribution in [2.75, 3.05) is 5.32 Å². The lowest BCUT2D eigenvalue weighted by molar-refractivity contribution is -0.116. The molecular formula is C16H21N3O. The summed E-state index contributed by atoms with van der Waals surface area (Å²) < 4.78 is 1.86. The molecule has 1 heterocycles. The lowest BCUT2D eigenvalue weighted by atomic mass is 10.1. The molecule has 0 aliphatic heterocycles. The topological polar surface area (TPSA) is 46.9 Å². The van der Waals surface area contributed by atoms with Gasteiger partial charge in [0.1, 0.15) is 0 Å². The molecule has 0 radical (unpaired) electrons. The maximum Gasteiger partial charge on any atom is 0.224 e. The van der Waals surface area contributed by atoms with Crippen molar-refractivity contribution in [1.29, 1.82) is 0 Å². The van der Waals surface area contributed by atoms with Crippen LogP contribution >= 0.6 is 0 Å². The van der Waals surface area contributed by atoms with Crippen LogP contribution in [0.5, 0.6) is 0 Å². The van der Waals surface area contributed by atoms with Crippen LogP contribution in [0, 0.1) is 0 Å². The van der Waals surface area contributed by atoms with Crippen molar-refractivity contribution in [2.45, 2.75) is 39.2 Å². The first-order valence-electron chi connectivity index (χ1n) is 7.14. The molecule has 0 spiro atoms. The van der Waals surface area contributed by atoms with Crippen LogP contribution in [0.15, 0.2) is 42.7 Å². The molecule has 0 aliphatic rings. The minimum atomic E-state index is 0.0643. The molecule has 2 rings (SSSR count). The Morgan fingerprint density at radius 2 is 2.10 bits per heavy atom. The van der Waals surface area contributed by atoms with E-state index in [2.05, 4.69) is 29.5 Å². The Bertz CT molecular complexity index is 534. The van der Waals surface area contributed by atoms with Crippen molar-refractivity contribution < 1.29 is 4.79 Å². The van der Waals surface area contributed by atoms with Gasteiger partial charge in [0.25, 0.3) is 0 Å². The number of carbonyl (C=O) groups excluding carboxylic acids is 1. The molecule has 0 saturated carbocycles.